The predicted octanol–water partition coefficient (Wildman–Crippen LogP) is 4.93. The molecule has 0 aliphatic carbocycles. The van der Waals surface area contributed by atoms with Crippen LogP contribution in [0.3, 0.4) is 0 Å². The highest BCUT2D eigenvalue weighted by Gasteiger charge is 2.42. The van der Waals surface area contributed by atoms with Gasteiger partial charge in [0.2, 0.25) is 0 Å². The van der Waals surface area contributed by atoms with E-state index in [4.69, 9.17) is 16.3 Å². The first-order chi connectivity index (χ1) is 14.0. The number of hydrogen-bond donors (Lipinski definition) is 0. The molecule has 0 saturated carbocycles. The number of halogens is 3. The summed E-state index contributed by atoms with van der Waals surface area (Å²) in [6, 6.07) is 5.90. The van der Waals surface area contributed by atoms with Crippen molar-refractivity contribution in [2.75, 3.05) is 19.7 Å². The summed E-state index contributed by atoms with van der Waals surface area (Å²) in [6.07, 6.45) is 6.11. The predicted molar refractivity (Wildman–Crippen MR) is 109 cm³/mol. The van der Waals surface area contributed by atoms with Crippen molar-refractivity contribution in [2.45, 2.75) is 31.4 Å². The van der Waals surface area contributed by atoms with E-state index < -0.39 is 11.6 Å². The third-order valence-electron chi connectivity index (χ3n) is 5.82. The number of likely N-dealkylation sites (tertiary alicyclic amines) is 1. The molecular formula is C21H20ClF2N3OS. The van der Waals surface area contributed by atoms with Gasteiger partial charge in [0.15, 0.2) is 11.6 Å². The Bertz CT molecular complexity index is 1020. The van der Waals surface area contributed by atoms with Gasteiger partial charge in [0.1, 0.15) is 11.3 Å². The fourth-order valence-corrected chi connectivity index (χ4v) is 5.86. The number of para-hydroxylation sites is 1. The van der Waals surface area contributed by atoms with E-state index in [0.29, 0.717) is 6.54 Å². The van der Waals surface area contributed by atoms with E-state index in [-0.39, 0.29) is 11.3 Å². The third-order valence-corrected chi connectivity index (χ3v) is 7.31. The summed E-state index contributed by atoms with van der Waals surface area (Å²) in [4.78, 5) is 3.62. The molecule has 0 atom stereocenters. The molecule has 1 spiro atoms. The van der Waals surface area contributed by atoms with Gasteiger partial charge in [-0.15, -0.1) is 11.3 Å². The van der Waals surface area contributed by atoms with Crippen LogP contribution in [0.5, 0.6) is 0 Å². The SMILES string of the molecule is Fc1cccc(F)c1-n1cc(CN2CCC3(CC2)OCCc2cc(Cl)sc23)cn1. The number of fused-ring (bicyclic) bond motifs is 2. The highest BCUT2D eigenvalue weighted by atomic mass is 35.5. The van der Waals surface area contributed by atoms with Gasteiger partial charge in [-0.3, -0.25) is 4.90 Å². The topological polar surface area (TPSA) is 30.3 Å². The molecule has 2 aliphatic heterocycles. The molecule has 2 aliphatic rings. The Balaban J connectivity index is 1.28. The van der Waals surface area contributed by atoms with Crippen LogP contribution in [0, 0.1) is 11.6 Å². The van der Waals surface area contributed by atoms with Crippen molar-refractivity contribution < 1.29 is 13.5 Å². The maximum atomic E-state index is 14.0. The Morgan fingerprint density at radius 1 is 1.21 bits per heavy atom. The molecule has 4 heterocycles. The first-order valence-electron chi connectivity index (χ1n) is 9.67. The zero-order chi connectivity index (χ0) is 20.0. The average molecular weight is 436 g/mol. The summed E-state index contributed by atoms with van der Waals surface area (Å²) in [7, 11) is 0. The molecule has 5 rings (SSSR count). The summed E-state index contributed by atoms with van der Waals surface area (Å²) in [5, 5.41) is 4.16. The van der Waals surface area contributed by atoms with Gasteiger partial charge in [0, 0.05) is 36.3 Å². The van der Waals surface area contributed by atoms with Crippen molar-refractivity contribution in [1.82, 2.24) is 14.7 Å². The molecule has 0 bridgehead atoms. The van der Waals surface area contributed by atoms with Crippen LogP contribution in [0.25, 0.3) is 5.69 Å². The molecule has 1 fully saturated rings. The highest BCUT2D eigenvalue weighted by Crippen LogP contribution is 2.46. The summed E-state index contributed by atoms with van der Waals surface area (Å²) in [5.74, 6) is -1.25. The van der Waals surface area contributed by atoms with E-state index in [1.54, 1.807) is 23.7 Å². The normalized spacial score (nSPS) is 18.9. The lowest BCUT2D eigenvalue weighted by Crippen LogP contribution is -2.45. The van der Waals surface area contributed by atoms with Gasteiger partial charge < -0.3 is 4.74 Å². The van der Waals surface area contributed by atoms with Gasteiger partial charge in [-0.05, 0) is 43.0 Å². The van der Waals surface area contributed by atoms with Gasteiger partial charge in [0.05, 0.1) is 17.1 Å². The van der Waals surface area contributed by atoms with Gasteiger partial charge in [-0.2, -0.15) is 5.10 Å². The lowest BCUT2D eigenvalue weighted by molar-refractivity contribution is -0.0960. The molecule has 0 unspecified atom stereocenters. The van der Waals surface area contributed by atoms with Crippen molar-refractivity contribution in [3.8, 4) is 5.69 Å². The minimum Gasteiger partial charge on any atom is -0.369 e. The van der Waals surface area contributed by atoms with Crippen molar-refractivity contribution in [3.63, 3.8) is 0 Å². The standard InChI is InChI=1S/C21H20ClF2N3OS/c22-18-10-15-4-9-28-21(20(15)29-18)5-7-26(8-6-21)12-14-11-25-27(13-14)19-16(23)2-1-3-17(19)24/h1-3,10-11,13H,4-9,12H2. The van der Waals surface area contributed by atoms with E-state index in [2.05, 4.69) is 16.1 Å². The maximum Gasteiger partial charge on any atom is 0.151 e. The maximum absolute atomic E-state index is 14.0. The molecule has 3 aromatic rings. The Labute approximate surface area is 176 Å². The highest BCUT2D eigenvalue weighted by molar-refractivity contribution is 7.16. The van der Waals surface area contributed by atoms with Crippen LogP contribution in [0.4, 0.5) is 8.78 Å². The van der Waals surface area contributed by atoms with Crippen LogP contribution in [-0.4, -0.2) is 34.4 Å². The van der Waals surface area contributed by atoms with Crippen molar-refractivity contribution >= 4 is 22.9 Å². The van der Waals surface area contributed by atoms with Crippen molar-refractivity contribution in [2.24, 2.45) is 0 Å². The smallest absolute Gasteiger partial charge is 0.151 e. The molecule has 2 aromatic heterocycles. The lowest BCUT2D eigenvalue weighted by Gasteiger charge is -2.43. The van der Waals surface area contributed by atoms with Gasteiger partial charge in [-0.1, -0.05) is 17.7 Å². The largest absolute Gasteiger partial charge is 0.369 e. The molecular weight excluding hydrogens is 416 g/mol. The Morgan fingerprint density at radius 3 is 2.72 bits per heavy atom. The number of nitrogens with zero attached hydrogens (tertiary/aromatic N) is 3. The van der Waals surface area contributed by atoms with Crippen LogP contribution < -0.4 is 0 Å². The number of benzene rings is 1. The summed E-state index contributed by atoms with van der Waals surface area (Å²) in [6.45, 7) is 3.19. The summed E-state index contributed by atoms with van der Waals surface area (Å²) in [5.41, 5.74) is 1.89. The Kier molecular flexibility index (Phi) is 4.94. The number of aromatic nitrogens is 2. The second-order valence-corrected chi connectivity index (χ2v) is 9.32. The van der Waals surface area contributed by atoms with Gasteiger partial charge >= 0.3 is 0 Å². The minimum atomic E-state index is -0.626. The summed E-state index contributed by atoms with van der Waals surface area (Å²) >= 11 is 7.90. The molecule has 152 valence electrons. The molecule has 8 heteroatoms. The quantitative estimate of drug-likeness (QED) is 0.584. The van der Waals surface area contributed by atoms with Crippen LogP contribution in [0.2, 0.25) is 4.34 Å². The van der Waals surface area contributed by atoms with E-state index in [1.807, 2.05) is 0 Å². The Morgan fingerprint density at radius 2 is 1.97 bits per heavy atom. The number of hydrogen-bond acceptors (Lipinski definition) is 4. The molecule has 4 nitrogen and oxygen atoms in total. The van der Waals surface area contributed by atoms with Crippen LogP contribution in [-0.2, 0) is 23.3 Å². The number of thiophene rings is 1. The molecule has 0 N–H and O–H groups in total. The molecule has 0 amide bonds. The van der Waals surface area contributed by atoms with E-state index in [9.17, 15) is 8.78 Å². The number of rotatable bonds is 3. The second-order valence-electron chi connectivity index (χ2n) is 7.64. The van der Waals surface area contributed by atoms with Gasteiger partial charge in [0.25, 0.3) is 0 Å². The van der Waals surface area contributed by atoms with E-state index in [0.717, 1.165) is 48.9 Å². The second kappa shape index (κ2) is 7.47. The van der Waals surface area contributed by atoms with Crippen LogP contribution >= 0.6 is 22.9 Å². The summed E-state index contributed by atoms with van der Waals surface area (Å²) < 4.78 is 36.4. The zero-order valence-corrected chi connectivity index (χ0v) is 17.3. The fraction of sp³-hybridized carbons (Fsp3) is 0.381. The van der Waals surface area contributed by atoms with Gasteiger partial charge in [-0.25, -0.2) is 13.5 Å². The number of ether oxygens (including phenoxy) is 1. The first kappa shape index (κ1) is 19.2. The lowest BCUT2D eigenvalue weighted by atomic mass is 9.85. The average Bonchev–Trinajstić information content (AvgIpc) is 3.31. The minimum absolute atomic E-state index is 0.144. The number of piperidine rings is 1. The van der Waals surface area contributed by atoms with Crippen LogP contribution in [0.15, 0.2) is 36.7 Å². The van der Waals surface area contributed by atoms with E-state index >= 15 is 0 Å². The zero-order valence-electron chi connectivity index (χ0n) is 15.7. The van der Waals surface area contributed by atoms with E-state index in [1.165, 1.54) is 33.3 Å². The fourth-order valence-electron chi connectivity index (χ4n) is 4.36. The first-order valence-corrected chi connectivity index (χ1v) is 10.9. The molecule has 1 saturated heterocycles. The molecule has 29 heavy (non-hydrogen) atoms. The van der Waals surface area contributed by atoms with Crippen molar-refractivity contribution in [1.29, 1.82) is 0 Å². The van der Waals surface area contributed by atoms with Crippen LogP contribution in [0.1, 0.15) is 28.8 Å². The Hall–Kier alpha value is -1.80. The molecule has 1 aromatic carbocycles. The third kappa shape index (κ3) is 3.50. The monoisotopic (exact) mass is 435 g/mol. The molecule has 0 radical (unpaired) electrons. The van der Waals surface area contributed by atoms with Crippen molar-refractivity contribution in [3.05, 3.63) is 68.6 Å².